The Morgan fingerprint density at radius 1 is 1.12 bits per heavy atom. The van der Waals surface area contributed by atoms with Gasteiger partial charge >= 0.3 is 0 Å². The van der Waals surface area contributed by atoms with Crippen LogP contribution in [-0.2, 0) is 17.8 Å². The molecule has 8 heteroatoms. The number of carbonyl (C=O) groups is 2. The molecule has 1 fully saturated rings. The van der Waals surface area contributed by atoms with Gasteiger partial charge in [0.25, 0.3) is 11.5 Å². The molecule has 0 radical (unpaired) electrons. The van der Waals surface area contributed by atoms with Crippen molar-refractivity contribution in [2.45, 2.75) is 52.1 Å². The Morgan fingerprint density at radius 2 is 1.91 bits per heavy atom. The largest absolute Gasteiger partial charge is 0.337 e. The van der Waals surface area contributed by atoms with Crippen LogP contribution in [0.3, 0.4) is 0 Å². The van der Waals surface area contributed by atoms with Gasteiger partial charge in [-0.2, -0.15) is 0 Å². The molecule has 5 rings (SSSR count). The predicted octanol–water partition coefficient (Wildman–Crippen LogP) is 2.93. The van der Waals surface area contributed by atoms with Crippen molar-refractivity contribution in [3.63, 3.8) is 0 Å². The summed E-state index contributed by atoms with van der Waals surface area (Å²) in [7, 11) is 0. The van der Waals surface area contributed by atoms with Gasteiger partial charge in [0.2, 0.25) is 5.91 Å². The molecule has 172 valence electrons. The fourth-order valence-corrected chi connectivity index (χ4v) is 4.97. The Balaban J connectivity index is 1.49. The number of H-pyrrole nitrogens is 1. The van der Waals surface area contributed by atoms with E-state index in [4.69, 9.17) is 4.98 Å². The number of likely N-dealkylation sites (tertiary alicyclic amines) is 1. The fraction of sp³-hybridized carbons (Fsp3) is 0.440. The smallest absolute Gasteiger partial charge is 0.277 e. The highest BCUT2D eigenvalue weighted by molar-refractivity contribution is 5.94. The molecule has 1 N–H and O–H groups in total. The van der Waals surface area contributed by atoms with E-state index in [0.29, 0.717) is 36.3 Å². The van der Waals surface area contributed by atoms with Crippen LogP contribution >= 0.6 is 0 Å². The minimum Gasteiger partial charge on any atom is -0.337 e. The van der Waals surface area contributed by atoms with Gasteiger partial charge in [0.15, 0.2) is 5.65 Å². The molecule has 3 aromatic rings. The lowest BCUT2D eigenvalue weighted by atomic mass is 9.98. The first-order valence-electron chi connectivity index (χ1n) is 11.7. The summed E-state index contributed by atoms with van der Waals surface area (Å²) < 4.78 is 1.47. The molecule has 2 aromatic heterocycles. The molecule has 0 spiro atoms. The second kappa shape index (κ2) is 8.50. The van der Waals surface area contributed by atoms with Crippen LogP contribution in [0.15, 0.2) is 41.2 Å². The van der Waals surface area contributed by atoms with Crippen LogP contribution in [0.25, 0.3) is 5.65 Å². The summed E-state index contributed by atoms with van der Waals surface area (Å²) in [5.74, 6) is -0.0569. The zero-order valence-electron chi connectivity index (χ0n) is 19.1. The molecule has 33 heavy (non-hydrogen) atoms. The number of aromatic nitrogens is 3. The number of hydrogen-bond acceptors (Lipinski definition) is 4. The average Bonchev–Trinajstić information content (AvgIpc) is 3.28. The summed E-state index contributed by atoms with van der Waals surface area (Å²) in [5, 5.41) is 3.23. The molecule has 1 saturated heterocycles. The van der Waals surface area contributed by atoms with E-state index in [0.717, 1.165) is 30.7 Å². The van der Waals surface area contributed by atoms with Crippen molar-refractivity contribution in [2.24, 2.45) is 5.92 Å². The summed E-state index contributed by atoms with van der Waals surface area (Å²) in [6.45, 7) is 5.29. The van der Waals surface area contributed by atoms with Crippen molar-refractivity contribution in [3.05, 3.63) is 69.3 Å². The standard InChI is InChI=1S/C25H29N5O3/c1-16(2)23(31)28-13-11-19-18(15-28)25(33)30-22(26-19)14-20(27-30)21-10-6-7-12-29(21)24(32)17-8-4-3-5-9-17/h3-5,8-9,14,16,21,27H,6-7,10-13,15H2,1-2H3. The average molecular weight is 448 g/mol. The Kier molecular flexibility index (Phi) is 5.52. The summed E-state index contributed by atoms with van der Waals surface area (Å²) in [6.07, 6.45) is 3.38. The van der Waals surface area contributed by atoms with E-state index >= 15 is 0 Å². The highest BCUT2D eigenvalue weighted by Gasteiger charge is 2.31. The van der Waals surface area contributed by atoms with Gasteiger partial charge in [0, 0.05) is 37.1 Å². The molecule has 2 aliphatic heterocycles. The predicted molar refractivity (Wildman–Crippen MR) is 124 cm³/mol. The maximum atomic E-state index is 13.3. The number of benzene rings is 1. The number of piperidine rings is 1. The molecule has 0 bridgehead atoms. The van der Waals surface area contributed by atoms with E-state index in [1.165, 1.54) is 4.52 Å². The van der Waals surface area contributed by atoms with Gasteiger partial charge in [-0.15, -0.1) is 0 Å². The first-order valence-corrected chi connectivity index (χ1v) is 11.7. The molecule has 0 saturated carbocycles. The van der Waals surface area contributed by atoms with Gasteiger partial charge in [-0.3, -0.25) is 19.5 Å². The summed E-state index contributed by atoms with van der Waals surface area (Å²) in [5.41, 5.74) is 3.22. The molecular formula is C25H29N5O3. The fourth-order valence-electron chi connectivity index (χ4n) is 4.97. The minimum atomic E-state index is -0.167. The Hall–Kier alpha value is -3.42. The molecule has 1 unspecified atom stereocenters. The summed E-state index contributed by atoms with van der Waals surface area (Å²) in [6, 6.07) is 11.1. The van der Waals surface area contributed by atoms with Crippen LogP contribution in [-0.4, -0.2) is 49.3 Å². The maximum absolute atomic E-state index is 13.3. The molecule has 1 atom stereocenters. The third-order valence-electron chi connectivity index (χ3n) is 6.73. The monoisotopic (exact) mass is 447 g/mol. The van der Waals surface area contributed by atoms with Crippen molar-refractivity contribution < 1.29 is 9.59 Å². The Labute approximate surface area is 192 Å². The van der Waals surface area contributed by atoms with Crippen molar-refractivity contribution in [1.29, 1.82) is 0 Å². The van der Waals surface area contributed by atoms with Gasteiger partial charge < -0.3 is 9.80 Å². The van der Waals surface area contributed by atoms with Gasteiger partial charge in [0.1, 0.15) is 0 Å². The van der Waals surface area contributed by atoms with Crippen LogP contribution in [0.4, 0.5) is 0 Å². The minimum absolute atomic E-state index is 0.00129. The Morgan fingerprint density at radius 3 is 2.67 bits per heavy atom. The van der Waals surface area contributed by atoms with E-state index in [1.54, 1.807) is 4.90 Å². The van der Waals surface area contributed by atoms with Crippen molar-refractivity contribution >= 4 is 17.5 Å². The van der Waals surface area contributed by atoms with Crippen molar-refractivity contribution in [1.82, 2.24) is 24.4 Å². The zero-order chi connectivity index (χ0) is 23.1. The topological polar surface area (TPSA) is 90.8 Å². The van der Waals surface area contributed by atoms with E-state index in [1.807, 2.05) is 55.1 Å². The van der Waals surface area contributed by atoms with Crippen molar-refractivity contribution in [3.8, 4) is 0 Å². The van der Waals surface area contributed by atoms with E-state index in [2.05, 4.69) is 5.10 Å². The molecular weight excluding hydrogens is 418 g/mol. The number of amides is 2. The maximum Gasteiger partial charge on any atom is 0.277 e. The Bertz CT molecular complexity index is 1260. The van der Waals surface area contributed by atoms with Crippen LogP contribution < -0.4 is 5.56 Å². The second-order valence-electron chi connectivity index (χ2n) is 9.29. The lowest BCUT2D eigenvalue weighted by molar-refractivity contribution is -0.135. The normalized spacial score (nSPS) is 18.6. The lowest BCUT2D eigenvalue weighted by Gasteiger charge is -2.35. The summed E-state index contributed by atoms with van der Waals surface area (Å²) in [4.78, 5) is 47.4. The van der Waals surface area contributed by atoms with E-state index in [-0.39, 0.29) is 35.9 Å². The molecule has 8 nitrogen and oxygen atoms in total. The number of nitrogens with one attached hydrogen (secondary N) is 1. The first-order chi connectivity index (χ1) is 15.9. The first kappa shape index (κ1) is 21.4. The van der Waals surface area contributed by atoms with Crippen LogP contribution in [0, 0.1) is 5.92 Å². The van der Waals surface area contributed by atoms with Crippen LogP contribution in [0.5, 0.6) is 0 Å². The molecule has 0 aliphatic carbocycles. The van der Waals surface area contributed by atoms with E-state index < -0.39 is 0 Å². The van der Waals surface area contributed by atoms with Crippen molar-refractivity contribution in [2.75, 3.05) is 13.1 Å². The second-order valence-corrected chi connectivity index (χ2v) is 9.29. The lowest BCUT2D eigenvalue weighted by Crippen LogP contribution is -2.42. The number of nitrogens with zero attached hydrogens (tertiary/aromatic N) is 4. The number of carbonyl (C=O) groups excluding carboxylic acids is 2. The number of rotatable bonds is 3. The molecule has 1 aromatic carbocycles. The highest BCUT2D eigenvalue weighted by atomic mass is 16.2. The van der Waals surface area contributed by atoms with Gasteiger partial charge in [-0.1, -0.05) is 32.0 Å². The number of aromatic amines is 1. The van der Waals surface area contributed by atoms with Gasteiger partial charge in [-0.05, 0) is 31.4 Å². The SMILES string of the molecule is CC(C)C(=O)N1CCc2nc3cc(C4CCCCN4C(=O)c4ccccc4)[nH]n3c(=O)c2C1. The third-order valence-corrected chi connectivity index (χ3v) is 6.73. The molecule has 2 amide bonds. The van der Waals surface area contributed by atoms with Gasteiger partial charge in [-0.25, -0.2) is 9.50 Å². The third kappa shape index (κ3) is 3.83. The van der Waals surface area contributed by atoms with E-state index in [9.17, 15) is 14.4 Å². The number of hydrogen-bond donors (Lipinski definition) is 1. The van der Waals surface area contributed by atoms with Crippen LogP contribution in [0.1, 0.15) is 66.5 Å². The zero-order valence-corrected chi connectivity index (χ0v) is 19.1. The van der Waals surface area contributed by atoms with Gasteiger partial charge in [0.05, 0.1) is 29.5 Å². The number of fused-ring (bicyclic) bond motifs is 2. The molecule has 4 heterocycles. The summed E-state index contributed by atoms with van der Waals surface area (Å²) >= 11 is 0. The highest BCUT2D eigenvalue weighted by Crippen LogP contribution is 2.32. The molecule has 2 aliphatic rings. The quantitative estimate of drug-likeness (QED) is 0.668. The van der Waals surface area contributed by atoms with Crippen LogP contribution in [0.2, 0.25) is 0 Å².